The van der Waals surface area contributed by atoms with Crippen molar-refractivity contribution in [2.24, 2.45) is 5.92 Å². The monoisotopic (exact) mass is 215 g/mol. The molecule has 1 aliphatic carbocycles. The summed E-state index contributed by atoms with van der Waals surface area (Å²) in [6.45, 7) is 2.27. The minimum absolute atomic E-state index is 0.543. The van der Waals surface area contributed by atoms with E-state index in [-0.39, 0.29) is 0 Å². The Morgan fingerprint density at radius 2 is 2.31 bits per heavy atom. The number of imidazole rings is 1. The Labute approximate surface area is 95.3 Å². The van der Waals surface area contributed by atoms with E-state index < -0.39 is 0 Å². The van der Waals surface area contributed by atoms with Gasteiger partial charge in [-0.2, -0.15) is 0 Å². The molecule has 0 spiro atoms. The Morgan fingerprint density at radius 3 is 3.06 bits per heavy atom. The average molecular weight is 215 g/mol. The standard InChI is InChI=1S/C13H17N3/c1-9(6-10-2-3-10)16-8-15-12-7-11(14)4-5-13(12)16/h4-5,7-10H,2-3,6,14H2,1H3. The van der Waals surface area contributed by atoms with Gasteiger partial charge in [0, 0.05) is 11.7 Å². The summed E-state index contributed by atoms with van der Waals surface area (Å²) in [4.78, 5) is 4.41. The second-order valence-corrected chi connectivity index (χ2v) is 4.93. The summed E-state index contributed by atoms with van der Waals surface area (Å²) in [7, 11) is 0. The first-order chi connectivity index (χ1) is 7.74. The van der Waals surface area contributed by atoms with Gasteiger partial charge in [0.1, 0.15) is 0 Å². The van der Waals surface area contributed by atoms with Crippen LogP contribution in [0.1, 0.15) is 32.2 Å². The maximum Gasteiger partial charge on any atom is 0.0960 e. The van der Waals surface area contributed by atoms with Gasteiger partial charge in [-0.3, -0.25) is 0 Å². The molecule has 1 fully saturated rings. The molecule has 0 saturated heterocycles. The summed E-state index contributed by atoms with van der Waals surface area (Å²) in [5.41, 5.74) is 8.73. The lowest BCUT2D eigenvalue weighted by Crippen LogP contribution is -2.04. The van der Waals surface area contributed by atoms with Crippen molar-refractivity contribution in [1.82, 2.24) is 9.55 Å². The Bertz CT molecular complexity index is 511. The van der Waals surface area contributed by atoms with Crippen LogP contribution in [0.2, 0.25) is 0 Å². The van der Waals surface area contributed by atoms with Crippen molar-refractivity contribution in [2.75, 3.05) is 5.73 Å². The molecule has 1 aromatic heterocycles. The van der Waals surface area contributed by atoms with E-state index in [1.54, 1.807) is 0 Å². The molecule has 16 heavy (non-hydrogen) atoms. The van der Waals surface area contributed by atoms with Crippen LogP contribution in [-0.2, 0) is 0 Å². The number of nitrogen functional groups attached to an aromatic ring is 1. The van der Waals surface area contributed by atoms with Crippen molar-refractivity contribution in [3.05, 3.63) is 24.5 Å². The number of rotatable bonds is 3. The van der Waals surface area contributed by atoms with Gasteiger partial charge in [-0.1, -0.05) is 12.8 Å². The van der Waals surface area contributed by atoms with E-state index in [2.05, 4.69) is 22.5 Å². The summed E-state index contributed by atoms with van der Waals surface area (Å²) in [5.74, 6) is 0.946. The molecule has 1 saturated carbocycles. The zero-order valence-electron chi connectivity index (χ0n) is 9.56. The lowest BCUT2D eigenvalue weighted by Gasteiger charge is -2.13. The van der Waals surface area contributed by atoms with E-state index in [1.807, 2.05) is 18.5 Å². The molecule has 3 nitrogen and oxygen atoms in total. The summed E-state index contributed by atoms with van der Waals surface area (Å²) in [6, 6.07) is 6.50. The van der Waals surface area contributed by atoms with Gasteiger partial charge in [-0.05, 0) is 37.5 Å². The molecule has 1 unspecified atom stereocenters. The van der Waals surface area contributed by atoms with E-state index in [9.17, 15) is 0 Å². The fourth-order valence-corrected chi connectivity index (χ4v) is 2.35. The van der Waals surface area contributed by atoms with Crippen LogP contribution >= 0.6 is 0 Å². The zero-order chi connectivity index (χ0) is 11.1. The predicted molar refractivity (Wildman–Crippen MR) is 66.2 cm³/mol. The van der Waals surface area contributed by atoms with E-state index >= 15 is 0 Å². The highest BCUT2D eigenvalue weighted by atomic mass is 15.1. The van der Waals surface area contributed by atoms with Crippen LogP contribution in [0, 0.1) is 5.92 Å². The van der Waals surface area contributed by atoms with Gasteiger partial charge >= 0.3 is 0 Å². The van der Waals surface area contributed by atoms with Gasteiger partial charge in [-0.15, -0.1) is 0 Å². The smallest absolute Gasteiger partial charge is 0.0960 e. The molecule has 0 radical (unpaired) electrons. The molecule has 84 valence electrons. The van der Waals surface area contributed by atoms with E-state index in [0.717, 1.165) is 17.1 Å². The first kappa shape index (κ1) is 9.70. The molecule has 1 aromatic carbocycles. The first-order valence-electron chi connectivity index (χ1n) is 5.96. The molecular formula is C13H17N3. The van der Waals surface area contributed by atoms with Gasteiger partial charge in [0.2, 0.25) is 0 Å². The normalized spacial score (nSPS) is 17.8. The highest BCUT2D eigenvalue weighted by Crippen LogP contribution is 2.37. The molecule has 3 rings (SSSR count). The Hall–Kier alpha value is -1.51. The fraction of sp³-hybridized carbons (Fsp3) is 0.462. The van der Waals surface area contributed by atoms with Gasteiger partial charge in [-0.25, -0.2) is 4.98 Å². The molecule has 3 heteroatoms. The average Bonchev–Trinajstić information content (AvgIpc) is 2.96. The van der Waals surface area contributed by atoms with Crippen LogP contribution in [0.3, 0.4) is 0 Å². The quantitative estimate of drug-likeness (QED) is 0.800. The van der Waals surface area contributed by atoms with Crippen molar-refractivity contribution in [2.45, 2.75) is 32.2 Å². The number of fused-ring (bicyclic) bond motifs is 1. The minimum Gasteiger partial charge on any atom is -0.399 e. The van der Waals surface area contributed by atoms with Crippen LogP contribution in [0.25, 0.3) is 11.0 Å². The molecule has 2 N–H and O–H groups in total. The summed E-state index contributed by atoms with van der Waals surface area (Å²) in [6.07, 6.45) is 6.03. The van der Waals surface area contributed by atoms with E-state index in [4.69, 9.17) is 5.73 Å². The van der Waals surface area contributed by atoms with E-state index in [1.165, 1.54) is 24.8 Å². The SMILES string of the molecule is CC(CC1CC1)n1cnc2cc(N)ccc21. The van der Waals surface area contributed by atoms with Gasteiger partial charge in [0.15, 0.2) is 0 Å². The van der Waals surface area contributed by atoms with Crippen molar-refractivity contribution >= 4 is 16.7 Å². The van der Waals surface area contributed by atoms with E-state index in [0.29, 0.717) is 6.04 Å². The molecule has 1 aliphatic rings. The Kier molecular flexibility index (Phi) is 2.13. The molecule has 1 heterocycles. The molecule has 0 aliphatic heterocycles. The number of benzene rings is 1. The third-order valence-corrected chi connectivity index (χ3v) is 3.45. The minimum atomic E-state index is 0.543. The zero-order valence-corrected chi connectivity index (χ0v) is 9.56. The number of nitrogens with zero attached hydrogens (tertiary/aromatic N) is 2. The summed E-state index contributed by atoms with van der Waals surface area (Å²) >= 11 is 0. The first-order valence-corrected chi connectivity index (χ1v) is 5.96. The highest BCUT2D eigenvalue weighted by Gasteiger charge is 2.24. The maximum absolute atomic E-state index is 5.75. The van der Waals surface area contributed by atoms with Crippen molar-refractivity contribution in [1.29, 1.82) is 0 Å². The Morgan fingerprint density at radius 1 is 1.50 bits per heavy atom. The lowest BCUT2D eigenvalue weighted by molar-refractivity contribution is 0.487. The van der Waals surface area contributed by atoms with Crippen molar-refractivity contribution in [3.63, 3.8) is 0 Å². The summed E-state index contributed by atoms with van der Waals surface area (Å²) < 4.78 is 2.27. The number of hydrogen-bond donors (Lipinski definition) is 1. The third-order valence-electron chi connectivity index (χ3n) is 3.45. The Balaban J connectivity index is 1.96. The van der Waals surface area contributed by atoms with Crippen LogP contribution in [0.5, 0.6) is 0 Å². The van der Waals surface area contributed by atoms with Gasteiger partial charge in [0.05, 0.1) is 17.4 Å². The number of hydrogen-bond acceptors (Lipinski definition) is 2. The number of aromatic nitrogens is 2. The van der Waals surface area contributed by atoms with Crippen molar-refractivity contribution < 1.29 is 0 Å². The number of nitrogens with two attached hydrogens (primary N) is 1. The fourth-order valence-electron chi connectivity index (χ4n) is 2.35. The molecule has 1 atom stereocenters. The second-order valence-electron chi connectivity index (χ2n) is 4.93. The van der Waals surface area contributed by atoms with Gasteiger partial charge < -0.3 is 10.3 Å². The lowest BCUT2D eigenvalue weighted by atomic mass is 10.1. The summed E-state index contributed by atoms with van der Waals surface area (Å²) in [5, 5.41) is 0. The molecular weight excluding hydrogens is 198 g/mol. The van der Waals surface area contributed by atoms with Crippen LogP contribution in [0.15, 0.2) is 24.5 Å². The van der Waals surface area contributed by atoms with Crippen LogP contribution in [0.4, 0.5) is 5.69 Å². The largest absolute Gasteiger partial charge is 0.399 e. The molecule has 0 bridgehead atoms. The topological polar surface area (TPSA) is 43.8 Å². The highest BCUT2D eigenvalue weighted by molar-refractivity contribution is 5.79. The molecule has 0 amide bonds. The van der Waals surface area contributed by atoms with Gasteiger partial charge in [0.25, 0.3) is 0 Å². The maximum atomic E-state index is 5.75. The molecule has 2 aromatic rings. The predicted octanol–water partition coefficient (Wildman–Crippen LogP) is 2.98. The second kappa shape index (κ2) is 3.51. The third kappa shape index (κ3) is 1.66. The van der Waals surface area contributed by atoms with Crippen molar-refractivity contribution in [3.8, 4) is 0 Å². The van der Waals surface area contributed by atoms with Crippen LogP contribution < -0.4 is 5.73 Å². The van der Waals surface area contributed by atoms with Crippen LogP contribution in [-0.4, -0.2) is 9.55 Å². The number of anilines is 1.